The number of hydrogen-bond acceptors (Lipinski definition) is 5. The molecule has 6 heteroatoms. The molecule has 1 aliphatic carbocycles. The smallest absolute Gasteiger partial charge is 0.277 e. The molecule has 6 nitrogen and oxygen atoms in total. The summed E-state index contributed by atoms with van der Waals surface area (Å²) in [6.45, 7) is 4.67. The van der Waals surface area contributed by atoms with Gasteiger partial charge in [-0.1, -0.05) is 30.3 Å². The summed E-state index contributed by atoms with van der Waals surface area (Å²) in [5, 5.41) is 2.99. The summed E-state index contributed by atoms with van der Waals surface area (Å²) >= 11 is 0. The molecular formula is C25H27N3O3. The molecule has 0 spiro atoms. The predicted molar refractivity (Wildman–Crippen MR) is 119 cm³/mol. The van der Waals surface area contributed by atoms with E-state index in [1.165, 1.54) is 5.56 Å². The Hall–Kier alpha value is -2.96. The number of carbonyl (C=O) groups is 1. The number of aromatic nitrogens is 1. The van der Waals surface area contributed by atoms with Gasteiger partial charge in [0.15, 0.2) is 5.69 Å². The van der Waals surface area contributed by atoms with Gasteiger partial charge in [-0.3, -0.25) is 9.69 Å². The van der Waals surface area contributed by atoms with Gasteiger partial charge in [0.1, 0.15) is 5.76 Å². The van der Waals surface area contributed by atoms with E-state index in [0.29, 0.717) is 23.3 Å². The molecule has 1 saturated carbocycles. The summed E-state index contributed by atoms with van der Waals surface area (Å²) in [5.41, 5.74) is 3.31. The standard InChI is InChI=1S/C25H27N3O3/c29-24(22-23(19-8-9-19)31-25(27-22)20-4-2-1-3-5-20)26-21-10-6-18(7-11-21)12-13-28-14-16-30-17-15-28/h1-7,10-11,19H,8-9,12-17H2,(H,26,29). The van der Waals surface area contributed by atoms with Gasteiger partial charge in [0.2, 0.25) is 5.89 Å². The summed E-state index contributed by atoms with van der Waals surface area (Å²) < 4.78 is 11.4. The molecule has 0 unspecified atom stereocenters. The first-order valence-electron chi connectivity index (χ1n) is 11.0. The second-order valence-corrected chi connectivity index (χ2v) is 8.23. The highest BCUT2D eigenvalue weighted by atomic mass is 16.5. The molecule has 1 aromatic heterocycles. The maximum atomic E-state index is 13.0. The Labute approximate surface area is 182 Å². The van der Waals surface area contributed by atoms with Crippen LogP contribution in [0, 0.1) is 0 Å². The molecule has 1 N–H and O–H groups in total. The Morgan fingerprint density at radius 2 is 1.77 bits per heavy atom. The van der Waals surface area contributed by atoms with Crippen molar-refractivity contribution >= 4 is 11.6 Å². The number of hydrogen-bond donors (Lipinski definition) is 1. The van der Waals surface area contributed by atoms with Gasteiger partial charge in [-0.25, -0.2) is 4.98 Å². The molecule has 31 heavy (non-hydrogen) atoms. The van der Waals surface area contributed by atoms with Crippen molar-refractivity contribution in [3.63, 3.8) is 0 Å². The van der Waals surface area contributed by atoms with Crippen LogP contribution in [0.25, 0.3) is 11.5 Å². The largest absolute Gasteiger partial charge is 0.440 e. The van der Waals surface area contributed by atoms with Gasteiger partial charge in [-0.2, -0.15) is 0 Å². The van der Waals surface area contributed by atoms with Crippen LogP contribution in [0.4, 0.5) is 5.69 Å². The summed E-state index contributed by atoms with van der Waals surface area (Å²) in [6.07, 6.45) is 3.08. The van der Waals surface area contributed by atoms with Gasteiger partial charge in [-0.05, 0) is 49.1 Å². The van der Waals surface area contributed by atoms with Gasteiger partial charge >= 0.3 is 0 Å². The minimum absolute atomic E-state index is 0.214. The lowest BCUT2D eigenvalue weighted by Crippen LogP contribution is -2.37. The zero-order chi connectivity index (χ0) is 21.0. The van der Waals surface area contributed by atoms with Crippen LogP contribution in [0.15, 0.2) is 59.0 Å². The number of carbonyl (C=O) groups excluding carboxylic acids is 1. The highest BCUT2D eigenvalue weighted by molar-refractivity contribution is 6.04. The molecule has 1 saturated heterocycles. The van der Waals surface area contributed by atoms with Gasteiger partial charge in [0.25, 0.3) is 5.91 Å². The number of nitrogens with one attached hydrogen (secondary N) is 1. The average Bonchev–Trinajstić information content (AvgIpc) is 3.57. The number of ether oxygens (including phenoxy) is 1. The second kappa shape index (κ2) is 9.04. The third-order valence-corrected chi connectivity index (χ3v) is 5.87. The Morgan fingerprint density at radius 3 is 2.48 bits per heavy atom. The van der Waals surface area contributed by atoms with Crippen molar-refractivity contribution in [2.75, 3.05) is 38.2 Å². The van der Waals surface area contributed by atoms with Crippen LogP contribution in [-0.2, 0) is 11.2 Å². The molecule has 1 amide bonds. The molecule has 3 aromatic rings. The molecule has 0 atom stereocenters. The lowest BCUT2D eigenvalue weighted by atomic mass is 10.1. The maximum absolute atomic E-state index is 13.0. The van der Waals surface area contributed by atoms with Crippen LogP contribution in [0.2, 0.25) is 0 Å². The van der Waals surface area contributed by atoms with Crippen molar-refractivity contribution in [3.05, 3.63) is 71.6 Å². The average molecular weight is 418 g/mol. The Balaban J connectivity index is 1.25. The van der Waals surface area contributed by atoms with Crippen molar-refractivity contribution < 1.29 is 13.9 Å². The minimum atomic E-state index is -0.214. The summed E-state index contributed by atoms with van der Waals surface area (Å²) in [7, 11) is 0. The third kappa shape index (κ3) is 4.86. The van der Waals surface area contributed by atoms with Crippen LogP contribution in [0.3, 0.4) is 0 Å². The van der Waals surface area contributed by atoms with Crippen LogP contribution >= 0.6 is 0 Å². The number of morpholine rings is 1. The maximum Gasteiger partial charge on any atom is 0.277 e. The topological polar surface area (TPSA) is 67.6 Å². The van der Waals surface area contributed by atoms with E-state index in [-0.39, 0.29) is 5.91 Å². The minimum Gasteiger partial charge on any atom is -0.440 e. The van der Waals surface area contributed by atoms with Crippen molar-refractivity contribution in [1.82, 2.24) is 9.88 Å². The normalized spacial score (nSPS) is 16.9. The van der Waals surface area contributed by atoms with Crippen molar-refractivity contribution in [2.24, 2.45) is 0 Å². The first kappa shape index (κ1) is 20.0. The van der Waals surface area contributed by atoms with Crippen LogP contribution in [-0.4, -0.2) is 48.6 Å². The van der Waals surface area contributed by atoms with Crippen LogP contribution in [0.1, 0.15) is 40.6 Å². The van der Waals surface area contributed by atoms with Gasteiger partial charge in [0, 0.05) is 36.8 Å². The van der Waals surface area contributed by atoms with E-state index in [9.17, 15) is 4.79 Å². The highest BCUT2D eigenvalue weighted by Crippen LogP contribution is 2.43. The van der Waals surface area contributed by atoms with E-state index in [2.05, 4.69) is 27.3 Å². The van der Waals surface area contributed by atoms with E-state index in [1.807, 2.05) is 42.5 Å². The first-order valence-corrected chi connectivity index (χ1v) is 11.0. The van der Waals surface area contributed by atoms with E-state index >= 15 is 0 Å². The number of rotatable bonds is 7. The zero-order valence-corrected chi connectivity index (χ0v) is 17.5. The van der Waals surface area contributed by atoms with E-state index < -0.39 is 0 Å². The van der Waals surface area contributed by atoms with E-state index in [0.717, 1.165) is 63.4 Å². The first-order chi connectivity index (χ1) is 15.3. The van der Waals surface area contributed by atoms with Gasteiger partial charge in [0.05, 0.1) is 13.2 Å². The molecule has 2 aliphatic rings. The summed E-state index contributed by atoms with van der Waals surface area (Å²) in [6, 6.07) is 17.8. The molecule has 1 aliphatic heterocycles. The lowest BCUT2D eigenvalue weighted by Gasteiger charge is -2.26. The second-order valence-electron chi connectivity index (χ2n) is 8.23. The zero-order valence-electron chi connectivity index (χ0n) is 17.5. The van der Waals surface area contributed by atoms with Crippen molar-refractivity contribution in [2.45, 2.75) is 25.2 Å². The quantitative estimate of drug-likeness (QED) is 0.619. The van der Waals surface area contributed by atoms with Gasteiger partial charge < -0.3 is 14.5 Å². The van der Waals surface area contributed by atoms with Crippen molar-refractivity contribution in [1.29, 1.82) is 0 Å². The molecule has 5 rings (SSSR count). The van der Waals surface area contributed by atoms with Crippen LogP contribution < -0.4 is 5.32 Å². The highest BCUT2D eigenvalue weighted by Gasteiger charge is 2.34. The number of amides is 1. The molecule has 160 valence electrons. The summed E-state index contributed by atoms with van der Waals surface area (Å²) in [5.74, 6) is 1.30. The fraction of sp³-hybridized carbons (Fsp3) is 0.360. The fourth-order valence-corrected chi connectivity index (χ4v) is 3.88. The number of benzene rings is 2. The van der Waals surface area contributed by atoms with E-state index in [4.69, 9.17) is 9.15 Å². The van der Waals surface area contributed by atoms with Crippen LogP contribution in [0.5, 0.6) is 0 Å². The molecule has 2 aromatic carbocycles. The molecule has 0 radical (unpaired) electrons. The van der Waals surface area contributed by atoms with Gasteiger partial charge in [-0.15, -0.1) is 0 Å². The lowest BCUT2D eigenvalue weighted by molar-refractivity contribution is 0.0384. The molecule has 2 fully saturated rings. The van der Waals surface area contributed by atoms with E-state index in [1.54, 1.807) is 0 Å². The van der Waals surface area contributed by atoms with Crippen molar-refractivity contribution in [3.8, 4) is 11.5 Å². The Kier molecular flexibility index (Phi) is 5.82. The number of nitrogens with zero attached hydrogens (tertiary/aromatic N) is 2. The Bertz CT molecular complexity index is 1020. The Morgan fingerprint density at radius 1 is 1.03 bits per heavy atom. The molecule has 0 bridgehead atoms. The fourth-order valence-electron chi connectivity index (χ4n) is 3.88. The molecular weight excluding hydrogens is 390 g/mol. The monoisotopic (exact) mass is 417 g/mol. The summed E-state index contributed by atoms with van der Waals surface area (Å²) in [4.78, 5) is 19.9. The third-order valence-electron chi connectivity index (χ3n) is 5.87. The SMILES string of the molecule is O=C(Nc1ccc(CCN2CCOCC2)cc1)c1nc(-c2ccccc2)oc1C1CC1. The predicted octanol–water partition coefficient (Wildman–Crippen LogP) is 4.35. The molecule has 2 heterocycles. The number of anilines is 1. The number of oxazole rings is 1.